The highest BCUT2D eigenvalue weighted by Crippen LogP contribution is 2.36. The van der Waals surface area contributed by atoms with Gasteiger partial charge in [0.25, 0.3) is 0 Å². The molecule has 2 N–H and O–H groups in total. The standard InChI is InChI=1S/C12H13Cl2N3O3S/c1-17-6-5-16-10(17)4-7-20-8-2-3-9(21(15,18)19)12(14)11(8)13/h2-3,5-6H,4,7H2,1H3,(H2,15,18,19). The van der Waals surface area contributed by atoms with Crippen LogP contribution in [0, 0.1) is 0 Å². The molecule has 0 saturated heterocycles. The minimum absolute atomic E-state index is 0.0167. The summed E-state index contributed by atoms with van der Waals surface area (Å²) in [5, 5.41) is 4.91. The lowest BCUT2D eigenvalue weighted by Crippen LogP contribution is -2.13. The van der Waals surface area contributed by atoms with Crippen molar-refractivity contribution in [2.45, 2.75) is 11.3 Å². The average molecular weight is 350 g/mol. The van der Waals surface area contributed by atoms with Gasteiger partial charge < -0.3 is 9.30 Å². The number of sulfonamides is 1. The second-order valence-electron chi connectivity index (χ2n) is 4.29. The molecule has 0 saturated carbocycles. The Hall–Kier alpha value is -1.28. The van der Waals surface area contributed by atoms with E-state index < -0.39 is 10.0 Å². The first-order valence-electron chi connectivity index (χ1n) is 5.90. The molecule has 0 aliphatic rings. The Balaban J connectivity index is 2.12. The van der Waals surface area contributed by atoms with Gasteiger partial charge in [0.15, 0.2) is 0 Å². The third kappa shape index (κ3) is 3.68. The van der Waals surface area contributed by atoms with E-state index in [4.69, 9.17) is 33.1 Å². The first-order chi connectivity index (χ1) is 9.80. The van der Waals surface area contributed by atoms with Crippen molar-refractivity contribution in [3.63, 3.8) is 0 Å². The summed E-state index contributed by atoms with van der Waals surface area (Å²) in [5.41, 5.74) is 0. The van der Waals surface area contributed by atoms with Gasteiger partial charge in [-0.2, -0.15) is 0 Å². The van der Waals surface area contributed by atoms with Gasteiger partial charge >= 0.3 is 0 Å². The number of hydrogen-bond donors (Lipinski definition) is 1. The summed E-state index contributed by atoms with van der Waals surface area (Å²) in [7, 11) is -2.04. The van der Waals surface area contributed by atoms with Gasteiger partial charge in [0.1, 0.15) is 21.5 Å². The summed E-state index contributed by atoms with van der Waals surface area (Å²) >= 11 is 11.9. The number of ether oxygens (including phenoxy) is 1. The Morgan fingerprint density at radius 3 is 2.62 bits per heavy atom. The van der Waals surface area contributed by atoms with E-state index in [0.717, 1.165) is 5.82 Å². The van der Waals surface area contributed by atoms with Gasteiger partial charge in [0.2, 0.25) is 10.0 Å². The first-order valence-corrected chi connectivity index (χ1v) is 8.20. The maximum Gasteiger partial charge on any atom is 0.239 e. The van der Waals surface area contributed by atoms with Gasteiger partial charge in [-0.05, 0) is 12.1 Å². The molecule has 0 aliphatic carbocycles. The van der Waals surface area contributed by atoms with Crippen molar-refractivity contribution in [3.8, 4) is 5.75 Å². The second-order valence-corrected chi connectivity index (χ2v) is 6.57. The minimum Gasteiger partial charge on any atom is -0.492 e. The van der Waals surface area contributed by atoms with E-state index in [9.17, 15) is 8.42 Å². The van der Waals surface area contributed by atoms with Crippen molar-refractivity contribution >= 4 is 33.2 Å². The van der Waals surface area contributed by atoms with Gasteiger partial charge in [-0.25, -0.2) is 18.5 Å². The van der Waals surface area contributed by atoms with Crippen LogP contribution in [-0.4, -0.2) is 24.6 Å². The molecule has 9 heteroatoms. The van der Waals surface area contributed by atoms with Crippen LogP contribution in [0.5, 0.6) is 5.75 Å². The molecule has 0 aliphatic heterocycles. The van der Waals surface area contributed by atoms with E-state index in [0.29, 0.717) is 18.8 Å². The zero-order chi connectivity index (χ0) is 15.6. The van der Waals surface area contributed by atoms with Crippen molar-refractivity contribution in [3.05, 3.63) is 40.4 Å². The van der Waals surface area contributed by atoms with E-state index in [-0.39, 0.29) is 14.9 Å². The Kier molecular flexibility index (Phi) is 4.77. The van der Waals surface area contributed by atoms with Crippen molar-refractivity contribution in [2.75, 3.05) is 6.61 Å². The van der Waals surface area contributed by atoms with Crippen molar-refractivity contribution in [1.82, 2.24) is 9.55 Å². The molecule has 21 heavy (non-hydrogen) atoms. The van der Waals surface area contributed by atoms with Crippen molar-refractivity contribution in [2.24, 2.45) is 12.2 Å². The van der Waals surface area contributed by atoms with E-state index in [2.05, 4.69) is 4.98 Å². The van der Waals surface area contributed by atoms with Crippen LogP contribution in [-0.2, 0) is 23.5 Å². The third-order valence-corrected chi connectivity index (χ3v) is 4.75. The molecule has 114 valence electrons. The normalized spacial score (nSPS) is 11.6. The average Bonchev–Trinajstić information content (AvgIpc) is 2.79. The number of aryl methyl sites for hydroxylation is 1. The number of benzene rings is 1. The number of imidazole rings is 1. The number of nitrogens with zero attached hydrogens (tertiary/aromatic N) is 2. The summed E-state index contributed by atoms with van der Waals surface area (Å²) in [5.74, 6) is 1.15. The molecular formula is C12H13Cl2N3O3S. The predicted octanol–water partition coefficient (Wildman–Crippen LogP) is 2.00. The lowest BCUT2D eigenvalue weighted by atomic mass is 10.3. The van der Waals surface area contributed by atoms with E-state index in [1.54, 1.807) is 6.20 Å². The van der Waals surface area contributed by atoms with Crippen LogP contribution >= 0.6 is 23.2 Å². The molecule has 0 spiro atoms. The van der Waals surface area contributed by atoms with Gasteiger partial charge in [0, 0.05) is 25.9 Å². The molecule has 1 heterocycles. The fourth-order valence-corrected chi connectivity index (χ4v) is 3.10. The van der Waals surface area contributed by atoms with Gasteiger partial charge in [-0.3, -0.25) is 0 Å². The molecule has 6 nitrogen and oxygen atoms in total. The fraction of sp³-hybridized carbons (Fsp3) is 0.250. The highest BCUT2D eigenvalue weighted by molar-refractivity contribution is 7.89. The number of primary sulfonamides is 1. The maximum atomic E-state index is 11.3. The highest BCUT2D eigenvalue weighted by atomic mass is 35.5. The van der Waals surface area contributed by atoms with Crippen molar-refractivity contribution < 1.29 is 13.2 Å². The quantitative estimate of drug-likeness (QED) is 0.893. The monoisotopic (exact) mass is 349 g/mol. The maximum absolute atomic E-state index is 11.3. The Morgan fingerprint density at radius 1 is 1.33 bits per heavy atom. The van der Waals surface area contributed by atoms with Crippen LogP contribution in [0.25, 0.3) is 0 Å². The molecule has 0 unspecified atom stereocenters. The van der Waals surface area contributed by atoms with Crippen LogP contribution in [0.15, 0.2) is 29.4 Å². The molecule has 0 radical (unpaired) electrons. The highest BCUT2D eigenvalue weighted by Gasteiger charge is 2.18. The summed E-state index contributed by atoms with van der Waals surface area (Å²) in [6.07, 6.45) is 4.11. The molecule has 0 bridgehead atoms. The predicted molar refractivity (Wildman–Crippen MR) is 80.2 cm³/mol. The zero-order valence-electron chi connectivity index (χ0n) is 11.1. The summed E-state index contributed by atoms with van der Waals surface area (Å²) < 4.78 is 30.0. The largest absolute Gasteiger partial charge is 0.492 e. The van der Waals surface area contributed by atoms with E-state index >= 15 is 0 Å². The molecule has 1 aromatic carbocycles. The fourth-order valence-electron chi connectivity index (χ4n) is 1.73. The van der Waals surface area contributed by atoms with Gasteiger partial charge in [0.05, 0.1) is 11.6 Å². The summed E-state index contributed by atoms with van der Waals surface area (Å²) in [6, 6.07) is 2.69. The number of aromatic nitrogens is 2. The Bertz CT molecular complexity index is 759. The number of halogens is 2. The molecule has 1 aromatic heterocycles. The minimum atomic E-state index is -3.92. The van der Waals surface area contributed by atoms with Crippen LogP contribution in [0.4, 0.5) is 0 Å². The summed E-state index contributed by atoms with van der Waals surface area (Å²) in [4.78, 5) is 3.93. The Morgan fingerprint density at radius 2 is 2.05 bits per heavy atom. The van der Waals surface area contributed by atoms with E-state index in [1.807, 2.05) is 17.8 Å². The number of rotatable bonds is 5. The van der Waals surface area contributed by atoms with E-state index in [1.165, 1.54) is 12.1 Å². The number of nitrogens with two attached hydrogens (primary N) is 1. The molecule has 0 atom stereocenters. The second kappa shape index (κ2) is 6.23. The Labute approximate surface area is 132 Å². The number of hydrogen-bond acceptors (Lipinski definition) is 4. The SMILES string of the molecule is Cn1ccnc1CCOc1ccc(S(N)(=O)=O)c(Cl)c1Cl. The first kappa shape index (κ1) is 16.1. The van der Waals surface area contributed by atoms with Crippen LogP contribution < -0.4 is 9.88 Å². The van der Waals surface area contributed by atoms with Crippen LogP contribution in [0.2, 0.25) is 10.0 Å². The van der Waals surface area contributed by atoms with Gasteiger partial charge in [-0.1, -0.05) is 23.2 Å². The topological polar surface area (TPSA) is 87.2 Å². The zero-order valence-corrected chi connectivity index (χ0v) is 13.4. The summed E-state index contributed by atoms with van der Waals surface area (Å²) in [6.45, 7) is 0.329. The van der Waals surface area contributed by atoms with Crippen molar-refractivity contribution in [1.29, 1.82) is 0 Å². The van der Waals surface area contributed by atoms with Gasteiger partial charge in [-0.15, -0.1) is 0 Å². The van der Waals surface area contributed by atoms with Crippen LogP contribution in [0.3, 0.4) is 0 Å². The lowest BCUT2D eigenvalue weighted by Gasteiger charge is -2.11. The lowest BCUT2D eigenvalue weighted by molar-refractivity contribution is 0.317. The molecule has 2 rings (SSSR count). The molecule has 0 fully saturated rings. The van der Waals surface area contributed by atoms with Crippen LogP contribution in [0.1, 0.15) is 5.82 Å². The molecule has 2 aromatic rings. The smallest absolute Gasteiger partial charge is 0.239 e. The molecular weight excluding hydrogens is 337 g/mol. The third-order valence-electron chi connectivity index (χ3n) is 2.82. The molecule has 0 amide bonds.